The van der Waals surface area contributed by atoms with Gasteiger partial charge in [0.1, 0.15) is 5.69 Å². The molecule has 2 rings (SSSR count). The van der Waals surface area contributed by atoms with Gasteiger partial charge in [-0.2, -0.15) is 0 Å². The second-order valence-corrected chi connectivity index (χ2v) is 3.86. The third-order valence-corrected chi connectivity index (χ3v) is 2.77. The monoisotopic (exact) mass is 234 g/mol. The summed E-state index contributed by atoms with van der Waals surface area (Å²) in [5.74, 6) is -0.171. The Morgan fingerprint density at radius 2 is 2.12 bits per heavy atom. The van der Waals surface area contributed by atoms with E-state index >= 15 is 0 Å². The lowest BCUT2D eigenvalue weighted by atomic mass is 10.2. The molecule has 0 saturated heterocycles. The van der Waals surface area contributed by atoms with Crippen LogP contribution in [0.15, 0.2) is 36.5 Å². The molecular formula is C12H11ClN2O. The van der Waals surface area contributed by atoms with Crippen LogP contribution in [0.5, 0.6) is 0 Å². The maximum absolute atomic E-state index is 11.8. The van der Waals surface area contributed by atoms with Gasteiger partial charge in [0, 0.05) is 16.9 Å². The van der Waals surface area contributed by atoms with Crippen molar-refractivity contribution < 1.29 is 4.79 Å². The minimum atomic E-state index is -0.171. The van der Waals surface area contributed by atoms with E-state index in [0.717, 1.165) is 11.3 Å². The Hall–Kier alpha value is -1.74. The van der Waals surface area contributed by atoms with E-state index in [1.165, 1.54) is 0 Å². The summed E-state index contributed by atoms with van der Waals surface area (Å²) in [5, 5.41) is 3.44. The number of H-pyrrole nitrogens is 1. The fourth-order valence-corrected chi connectivity index (χ4v) is 1.58. The molecule has 82 valence electrons. The highest BCUT2D eigenvalue weighted by atomic mass is 35.5. The van der Waals surface area contributed by atoms with E-state index in [-0.39, 0.29) is 5.91 Å². The van der Waals surface area contributed by atoms with Crippen molar-refractivity contribution in [2.75, 3.05) is 5.32 Å². The minimum absolute atomic E-state index is 0.171. The van der Waals surface area contributed by atoms with E-state index in [0.29, 0.717) is 10.7 Å². The lowest BCUT2D eigenvalue weighted by Crippen LogP contribution is -2.13. The smallest absolute Gasteiger partial charge is 0.272 e. The number of anilines is 1. The first-order chi connectivity index (χ1) is 7.68. The second-order valence-electron chi connectivity index (χ2n) is 3.45. The van der Waals surface area contributed by atoms with Gasteiger partial charge in [0.2, 0.25) is 0 Å². The molecule has 0 radical (unpaired) electrons. The average molecular weight is 235 g/mol. The summed E-state index contributed by atoms with van der Waals surface area (Å²) in [6.07, 6.45) is 1.71. The summed E-state index contributed by atoms with van der Waals surface area (Å²) < 4.78 is 0. The summed E-state index contributed by atoms with van der Waals surface area (Å²) >= 11 is 5.96. The van der Waals surface area contributed by atoms with Crippen LogP contribution in [-0.2, 0) is 0 Å². The minimum Gasteiger partial charge on any atom is -0.357 e. The van der Waals surface area contributed by atoms with E-state index in [9.17, 15) is 4.79 Å². The van der Waals surface area contributed by atoms with Crippen LogP contribution < -0.4 is 5.32 Å². The number of rotatable bonds is 2. The van der Waals surface area contributed by atoms with Crippen molar-refractivity contribution in [2.45, 2.75) is 6.92 Å². The third kappa shape index (κ3) is 2.09. The molecule has 1 amide bonds. The van der Waals surface area contributed by atoms with Gasteiger partial charge < -0.3 is 10.3 Å². The molecule has 0 spiro atoms. The Kier molecular flexibility index (Phi) is 2.97. The van der Waals surface area contributed by atoms with Crippen molar-refractivity contribution in [3.63, 3.8) is 0 Å². The number of nitrogens with one attached hydrogen (secondary N) is 2. The molecule has 0 fully saturated rings. The molecule has 0 unspecified atom stereocenters. The van der Waals surface area contributed by atoms with Crippen molar-refractivity contribution in [3.05, 3.63) is 52.8 Å². The molecule has 0 bridgehead atoms. The summed E-state index contributed by atoms with van der Waals surface area (Å²) in [6.45, 7) is 1.87. The quantitative estimate of drug-likeness (QED) is 0.823. The van der Waals surface area contributed by atoms with Crippen LogP contribution in [0.1, 0.15) is 16.1 Å². The van der Waals surface area contributed by atoms with Crippen LogP contribution in [0, 0.1) is 6.92 Å². The van der Waals surface area contributed by atoms with Crippen LogP contribution >= 0.6 is 11.6 Å². The highest BCUT2D eigenvalue weighted by molar-refractivity contribution is 6.31. The van der Waals surface area contributed by atoms with Crippen molar-refractivity contribution >= 4 is 23.2 Å². The normalized spacial score (nSPS) is 10.1. The molecule has 16 heavy (non-hydrogen) atoms. The topological polar surface area (TPSA) is 44.9 Å². The van der Waals surface area contributed by atoms with E-state index < -0.39 is 0 Å². The van der Waals surface area contributed by atoms with Gasteiger partial charge in [0.05, 0.1) is 0 Å². The summed E-state index contributed by atoms with van der Waals surface area (Å²) in [4.78, 5) is 14.6. The summed E-state index contributed by atoms with van der Waals surface area (Å²) in [6, 6.07) is 8.91. The largest absolute Gasteiger partial charge is 0.357 e. The van der Waals surface area contributed by atoms with Crippen LogP contribution in [0.2, 0.25) is 5.02 Å². The molecule has 2 aromatic rings. The number of benzene rings is 1. The molecule has 4 heteroatoms. The maximum atomic E-state index is 11.8. The number of hydrogen-bond acceptors (Lipinski definition) is 1. The van der Waals surface area contributed by atoms with Crippen LogP contribution in [0.25, 0.3) is 0 Å². The van der Waals surface area contributed by atoms with Gasteiger partial charge in [-0.15, -0.1) is 0 Å². The van der Waals surface area contributed by atoms with Gasteiger partial charge in [-0.1, -0.05) is 17.7 Å². The zero-order chi connectivity index (χ0) is 11.5. The van der Waals surface area contributed by atoms with Crippen molar-refractivity contribution in [1.82, 2.24) is 4.98 Å². The van der Waals surface area contributed by atoms with Gasteiger partial charge in [-0.3, -0.25) is 4.79 Å². The maximum Gasteiger partial charge on any atom is 0.272 e. The molecule has 1 aromatic heterocycles. The fourth-order valence-electron chi connectivity index (χ4n) is 1.40. The fraction of sp³-hybridized carbons (Fsp3) is 0.0833. The van der Waals surface area contributed by atoms with E-state index in [4.69, 9.17) is 11.6 Å². The van der Waals surface area contributed by atoms with Gasteiger partial charge in [-0.05, 0) is 36.8 Å². The predicted molar refractivity (Wildman–Crippen MR) is 64.9 cm³/mol. The van der Waals surface area contributed by atoms with Crippen molar-refractivity contribution in [1.29, 1.82) is 0 Å². The number of carbonyl (C=O) groups is 1. The molecule has 0 atom stereocenters. The molecule has 0 aliphatic carbocycles. The molecule has 3 nitrogen and oxygen atoms in total. The number of halogens is 1. The summed E-state index contributed by atoms with van der Waals surface area (Å²) in [5.41, 5.74) is 2.12. The Bertz CT molecular complexity index is 506. The Labute approximate surface area is 98.4 Å². The standard InChI is InChI=1S/C12H11ClN2O/c1-8-9(13)4-2-5-10(8)15-12(16)11-6-3-7-14-11/h2-7,14H,1H3,(H,15,16). The molecule has 1 heterocycles. The molecule has 1 aromatic carbocycles. The molecule has 0 aliphatic heterocycles. The number of amides is 1. The van der Waals surface area contributed by atoms with Gasteiger partial charge in [0.15, 0.2) is 0 Å². The third-order valence-electron chi connectivity index (χ3n) is 2.36. The van der Waals surface area contributed by atoms with Gasteiger partial charge in [0.25, 0.3) is 5.91 Å². The number of aromatic amines is 1. The first kappa shape index (κ1) is 10.8. The lowest BCUT2D eigenvalue weighted by molar-refractivity contribution is 0.102. The van der Waals surface area contributed by atoms with Crippen LogP contribution in [0.3, 0.4) is 0 Å². The van der Waals surface area contributed by atoms with Crippen LogP contribution in [-0.4, -0.2) is 10.9 Å². The van der Waals surface area contributed by atoms with Crippen molar-refractivity contribution in [2.24, 2.45) is 0 Å². The van der Waals surface area contributed by atoms with E-state index in [1.807, 2.05) is 13.0 Å². The SMILES string of the molecule is Cc1c(Cl)cccc1NC(=O)c1ccc[nH]1. The number of hydrogen-bond donors (Lipinski definition) is 2. The Balaban J connectivity index is 2.22. The number of aromatic nitrogens is 1. The highest BCUT2D eigenvalue weighted by Crippen LogP contribution is 2.23. The van der Waals surface area contributed by atoms with Gasteiger partial charge >= 0.3 is 0 Å². The second kappa shape index (κ2) is 4.41. The van der Waals surface area contributed by atoms with E-state index in [2.05, 4.69) is 10.3 Å². The molecular weight excluding hydrogens is 224 g/mol. The van der Waals surface area contributed by atoms with Crippen LogP contribution in [0.4, 0.5) is 5.69 Å². The van der Waals surface area contributed by atoms with Crippen molar-refractivity contribution in [3.8, 4) is 0 Å². The number of carbonyl (C=O) groups excluding carboxylic acids is 1. The lowest BCUT2D eigenvalue weighted by Gasteiger charge is -2.08. The molecule has 2 N–H and O–H groups in total. The first-order valence-electron chi connectivity index (χ1n) is 4.88. The first-order valence-corrected chi connectivity index (χ1v) is 5.26. The van der Waals surface area contributed by atoms with E-state index in [1.54, 1.807) is 30.5 Å². The highest BCUT2D eigenvalue weighted by Gasteiger charge is 2.08. The molecule has 0 aliphatic rings. The zero-order valence-corrected chi connectivity index (χ0v) is 9.51. The molecule has 0 saturated carbocycles. The Morgan fingerprint density at radius 3 is 2.81 bits per heavy atom. The van der Waals surface area contributed by atoms with Gasteiger partial charge in [-0.25, -0.2) is 0 Å². The zero-order valence-electron chi connectivity index (χ0n) is 8.75. The average Bonchev–Trinajstić information content (AvgIpc) is 2.78. The predicted octanol–water partition coefficient (Wildman–Crippen LogP) is 3.23. The Morgan fingerprint density at radius 1 is 1.31 bits per heavy atom. The summed E-state index contributed by atoms with van der Waals surface area (Å²) in [7, 11) is 0.